The molecule has 0 radical (unpaired) electrons. The number of fused-ring (bicyclic) bond motifs is 1. The fourth-order valence-electron chi connectivity index (χ4n) is 6.26. The van der Waals surface area contributed by atoms with Gasteiger partial charge in [0.15, 0.2) is 0 Å². The Morgan fingerprint density at radius 1 is 1.02 bits per heavy atom. The summed E-state index contributed by atoms with van der Waals surface area (Å²) in [4.78, 5) is 80.1. The Hall–Kier alpha value is -3.64. The molecule has 1 unspecified atom stereocenters. The number of nitrogens with zero attached hydrogens (tertiary/aromatic N) is 1. The van der Waals surface area contributed by atoms with Crippen molar-refractivity contribution in [2.24, 2.45) is 34.5 Å². The van der Waals surface area contributed by atoms with Gasteiger partial charge in [-0.05, 0) is 54.3 Å². The van der Waals surface area contributed by atoms with Gasteiger partial charge in [-0.3, -0.25) is 19.2 Å². The average molecular weight is 633 g/mol. The van der Waals surface area contributed by atoms with Gasteiger partial charge in [-0.2, -0.15) is 0 Å². The molecule has 1 aliphatic heterocycles. The van der Waals surface area contributed by atoms with Crippen molar-refractivity contribution < 1.29 is 33.5 Å². The number of piperidine rings is 1. The third-order valence-electron chi connectivity index (χ3n) is 9.32. The molecule has 1 heterocycles. The van der Waals surface area contributed by atoms with Crippen LogP contribution in [-0.4, -0.2) is 90.9 Å². The second kappa shape index (κ2) is 14.2. The lowest BCUT2D eigenvalue weighted by atomic mass is 9.85. The fraction of sp³-hybridized carbons (Fsp3) is 0.750. The van der Waals surface area contributed by atoms with Crippen LogP contribution in [0.25, 0.3) is 0 Å². The Labute approximate surface area is 266 Å². The molecule has 5 N–H and O–H groups in total. The highest BCUT2D eigenvalue weighted by Crippen LogP contribution is 2.65. The van der Waals surface area contributed by atoms with Crippen LogP contribution >= 0.6 is 0 Å². The minimum atomic E-state index is -0.982. The summed E-state index contributed by atoms with van der Waals surface area (Å²) >= 11 is 0. The molecule has 0 bridgehead atoms. The van der Waals surface area contributed by atoms with E-state index < -0.39 is 65.2 Å². The number of carbonyl (C=O) groups excluding carboxylic acids is 6. The normalized spacial score (nSPS) is 23.5. The molecule has 0 aromatic heterocycles. The Balaban J connectivity index is 1.77. The summed E-state index contributed by atoms with van der Waals surface area (Å²) < 4.78 is 4.91. The summed E-state index contributed by atoms with van der Waals surface area (Å²) in [7, 11) is 0. The highest BCUT2D eigenvalue weighted by Gasteiger charge is 2.70. The molecule has 3 aliphatic rings. The number of likely N-dealkylation sites (tertiary alicyclic amines) is 1. The number of Topliss-reactive ketones (excluding diaryl/α,β-unsaturated/α-hetero) is 1. The minimum Gasteiger partial charge on any atom is -0.450 e. The van der Waals surface area contributed by atoms with Crippen LogP contribution in [0.4, 0.5) is 9.59 Å². The monoisotopic (exact) mass is 632 g/mol. The van der Waals surface area contributed by atoms with E-state index in [1.54, 1.807) is 6.92 Å². The lowest BCUT2D eigenvalue weighted by Crippen LogP contribution is -2.62. The molecule has 2 aliphatic carbocycles. The molecule has 1 saturated heterocycles. The van der Waals surface area contributed by atoms with Gasteiger partial charge in [0.2, 0.25) is 17.6 Å². The number of amides is 6. The van der Waals surface area contributed by atoms with Crippen molar-refractivity contribution in [3.63, 3.8) is 0 Å². The van der Waals surface area contributed by atoms with E-state index in [0.29, 0.717) is 19.4 Å². The summed E-state index contributed by atoms with van der Waals surface area (Å²) in [6.45, 7) is 19.5. The second-order valence-corrected chi connectivity index (χ2v) is 14.4. The highest BCUT2D eigenvalue weighted by molar-refractivity contribution is 6.38. The predicted molar refractivity (Wildman–Crippen MR) is 168 cm³/mol. The van der Waals surface area contributed by atoms with Gasteiger partial charge in [0, 0.05) is 19.6 Å². The second-order valence-electron chi connectivity index (χ2n) is 14.4. The van der Waals surface area contributed by atoms with Gasteiger partial charge in [0.1, 0.15) is 18.1 Å². The van der Waals surface area contributed by atoms with E-state index in [-0.39, 0.29) is 48.8 Å². The van der Waals surface area contributed by atoms with Crippen LogP contribution in [0, 0.1) is 34.5 Å². The third-order valence-corrected chi connectivity index (χ3v) is 9.32. The molecule has 45 heavy (non-hydrogen) atoms. The van der Waals surface area contributed by atoms with Crippen molar-refractivity contribution in [2.45, 2.75) is 92.4 Å². The van der Waals surface area contributed by atoms with Gasteiger partial charge < -0.3 is 36.2 Å². The first-order chi connectivity index (χ1) is 20.9. The van der Waals surface area contributed by atoms with Crippen molar-refractivity contribution in [3.05, 3.63) is 12.7 Å². The van der Waals surface area contributed by atoms with Gasteiger partial charge in [-0.25, -0.2) is 9.59 Å². The third kappa shape index (κ3) is 8.55. The smallest absolute Gasteiger partial charge is 0.407 e. The van der Waals surface area contributed by atoms with E-state index >= 15 is 0 Å². The van der Waals surface area contributed by atoms with E-state index in [1.807, 2.05) is 34.6 Å². The Kier molecular flexibility index (Phi) is 11.3. The summed E-state index contributed by atoms with van der Waals surface area (Å²) in [6.07, 6.45) is 2.31. The highest BCUT2D eigenvalue weighted by atomic mass is 16.5. The number of alkyl carbamates (subject to hydrolysis) is 1. The number of ketones is 1. The number of rotatable bonds is 14. The average Bonchev–Trinajstić information content (AvgIpc) is 3.83. The zero-order chi connectivity index (χ0) is 33.9. The molecule has 6 amide bonds. The number of hydrogen-bond acceptors (Lipinski definition) is 7. The van der Waals surface area contributed by atoms with Crippen LogP contribution in [0.1, 0.15) is 68.2 Å². The van der Waals surface area contributed by atoms with Crippen molar-refractivity contribution in [3.8, 4) is 0 Å². The quantitative estimate of drug-likeness (QED) is 0.143. The Morgan fingerprint density at radius 2 is 1.67 bits per heavy atom. The van der Waals surface area contributed by atoms with E-state index in [9.17, 15) is 28.8 Å². The van der Waals surface area contributed by atoms with Crippen molar-refractivity contribution in [1.29, 1.82) is 0 Å². The van der Waals surface area contributed by atoms with E-state index in [1.165, 1.54) is 11.0 Å². The standard InChI is InChI=1S/C32H52N6O7/c1-10-14-33-27(41)24(39)22(18-12-13-18)36-26(40)23-21-19(32(21,8)9)16-38(23)28(42)25(31(5,6)7)37-29(43)35-20(17(3)4)15-34-30(44)45-11-2/h10,17-23,25H,1,11-16H2,2-9H3,(H,33,41)(H,34,44)(H,36,40)(H2,35,37,43)/t19-,20+,21-,22?,23-,25+/m0/s1. The SMILES string of the molecule is C=CCNC(=O)C(=O)C(NC(=O)[C@@H]1[C@@H]2[C@H](CN1C(=O)[C@@H](NC(=O)N[C@H](CNC(=O)OCC)C(C)C)C(C)(C)C)C2(C)C)C1CC1. The minimum absolute atomic E-state index is 0.0385. The molecule has 13 nitrogen and oxygen atoms in total. The molecule has 13 heteroatoms. The molecule has 3 fully saturated rings. The lowest BCUT2D eigenvalue weighted by Gasteiger charge is -2.38. The van der Waals surface area contributed by atoms with Crippen LogP contribution in [0.2, 0.25) is 0 Å². The van der Waals surface area contributed by atoms with Crippen molar-refractivity contribution >= 4 is 35.6 Å². The maximum absolute atomic E-state index is 14.2. The van der Waals surface area contributed by atoms with E-state index in [4.69, 9.17) is 4.74 Å². The number of nitrogens with one attached hydrogen (secondary N) is 5. The lowest BCUT2D eigenvalue weighted by molar-refractivity contribution is -0.145. The van der Waals surface area contributed by atoms with Crippen LogP contribution in [0.3, 0.4) is 0 Å². The van der Waals surface area contributed by atoms with Crippen LogP contribution in [0.15, 0.2) is 12.7 Å². The Morgan fingerprint density at radius 3 is 2.20 bits per heavy atom. The van der Waals surface area contributed by atoms with Gasteiger partial charge in [-0.1, -0.05) is 54.5 Å². The summed E-state index contributed by atoms with van der Waals surface area (Å²) in [5, 5.41) is 13.6. The molecule has 252 valence electrons. The summed E-state index contributed by atoms with van der Waals surface area (Å²) in [5.74, 6) is -2.58. The van der Waals surface area contributed by atoms with Crippen LogP contribution < -0.4 is 26.6 Å². The molecule has 0 aromatic carbocycles. The maximum atomic E-state index is 14.2. The zero-order valence-electron chi connectivity index (χ0n) is 28.0. The summed E-state index contributed by atoms with van der Waals surface area (Å²) in [6, 6.07) is -3.83. The number of urea groups is 1. The number of carbonyl (C=O) groups is 6. The van der Waals surface area contributed by atoms with Crippen LogP contribution in [0.5, 0.6) is 0 Å². The van der Waals surface area contributed by atoms with E-state index in [0.717, 1.165) is 0 Å². The molecule has 0 aromatic rings. The maximum Gasteiger partial charge on any atom is 0.407 e. The molecule has 0 spiro atoms. The van der Waals surface area contributed by atoms with Crippen LogP contribution in [-0.2, 0) is 23.9 Å². The van der Waals surface area contributed by atoms with Gasteiger partial charge in [-0.15, -0.1) is 6.58 Å². The van der Waals surface area contributed by atoms with Crippen molar-refractivity contribution in [1.82, 2.24) is 31.5 Å². The number of ether oxygens (including phenoxy) is 1. The topological polar surface area (TPSA) is 175 Å². The van der Waals surface area contributed by atoms with E-state index in [2.05, 4.69) is 47.0 Å². The van der Waals surface area contributed by atoms with Gasteiger partial charge in [0.25, 0.3) is 5.91 Å². The molecule has 6 atom stereocenters. The first kappa shape index (κ1) is 35.8. The zero-order valence-corrected chi connectivity index (χ0v) is 28.0. The molecule has 3 rings (SSSR count). The predicted octanol–water partition coefficient (Wildman–Crippen LogP) is 1.72. The molecule has 2 saturated carbocycles. The first-order valence-electron chi connectivity index (χ1n) is 16.0. The first-order valence-corrected chi connectivity index (χ1v) is 16.0. The molecular weight excluding hydrogens is 580 g/mol. The molecular formula is C32H52N6O7. The Bertz CT molecular complexity index is 1170. The summed E-state index contributed by atoms with van der Waals surface area (Å²) in [5.41, 5.74) is -0.901. The fourth-order valence-corrected chi connectivity index (χ4v) is 6.26. The van der Waals surface area contributed by atoms with Crippen molar-refractivity contribution in [2.75, 3.05) is 26.2 Å². The largest absolute Gasteiger partial charge is 0.450 e. The van der Waals surface area contributed by atoms with Gasteiger partial charge in [0.05, 0.1) is 12.6 Å². The number of hydrogen-bond donors (Lipinski definition) is 5. The van der Waals surface area contributed by atoms with Gasteiger partial charge >= 0.3 is 12.1 Å².